The third-order valence-electron chi connectivity index (χ3n) is 6.98. The van der Waals surface area contributed by atoms with Crippen molar-refractivity contribution < 1.29 is 33.9 Å². The van der Waals surface area contributed by atoms with Gasteiger partial charge >= 0.3 is 11.9 Å². The molecule has 11 nitrogen and oxygen atoms in total. The lowest BCUT2D eigenvalue weighted by atomic mass is 9.94. The van der Waals surface area contributed by atoms with Crippen LogP contribution in [0.1, 0.15) is 50.6 Å². The maximum absolute atomic E-state index is 13.6. The van der Waals surface area contributed by atoms with Crippen molar-refractivity contribution in [3.8, 4) is 5.75 Å². The molecule has 0 radical (unpaired) electrons. The lowest BCUT2D eigenvalue weighted by Gasteiger charge is -2.23. The number of anilines is 1. The summed E-state index contributed by atoms with van der Waals surface area (Å²) < 4.78 is 11.0. The average Bonchev–Trinajstić information content (AvgIpc) is 3.53. The van der Waals surface area contributed by atoms with Crippen molar-refractivity contribution in [1.29, 1.82) is 0 Å². The number of aryl methyl sites for hydroxylation is 2. The maximum atomic E-state index is 13.6. The molecule has 1 aromatic heterocycles. The Labute approximate surface area is 256 Å². The van der Waals surface area contributed by atoms with Crippen molar-refractivity contribution in [1.82, 2.24) is 4.98 Å². The number of rotatable bonds is 9. The molecule has 0 bridgehead atoms. The van der Waals surface area contributed by atoms with Gasteiger partial charge in [0.2, 0.25) is 0 Å². The minimum Gasteiger partial charge on any atom is -0.507 e. The molecule has 5 rings (SSSR count). The van der Waals surface area contributed by atoms with Crippen molar-refractivity contribution in [3.63, 3.8) is 0 Å². The molecular weight excluding hydrogens is 586 g/mol. The summed E-state index contributed by atoms with van der Waals surface area (Å²) in [5, 5.41) is 23.1. The monoisotopic (exact) mass is 613 g/mol. The SMILES string of the molecule is CCOC(=O)c1sc(N2C(=O)C(=O)/C(=C(/O)c3ccc(OCc4ccccc4)c(C)c3)C2c2cccc([N+](=O)[O-])c2)nc1C. The van der Waals surface area contributed by atoms with E-state index >= 15 is 0 Å². The molecule has 0 saturated carbocycles. The zero-order valence-corrected chi connectivity index (χ0v) is 24.8. The lowest BCUT2D eigenvalue weighted by molar-refractivity contribution is -0.384. The van der Waals surface area contributed by atoms with Crippen molar-refractivity contribution in [2.75, 3.05) is 11.5 Å². The van der Waals surface area contributed by atoms with E-state index in [0.29, 0.717) is 17.9 Å². The van der Waals surface area contributed by atoms with Crippen LogP contribution in [0.5, 0.6) is 5.75 Å². The van der Waals surface area contributed by atoms with Crippen LogP contribution in [0.15, 0.2) is 78.4 Å². The van der Waals surface area contributed by atoms with Crippen molar-refractivity contribution in [2.24, 2.45) is 0 Å². The molecule has 0 spiro atoms. The number of non-ortho nitro benzene ring substituents is 1. The summed E-state index contributed by atoms with van der Waals surface area (Å²) in [5.74, 6) is -2.56. The second-order valence-corrected chi connectivity index (χ2v) is 10.9. The zero-order chi connectivity index (χ0) is 31.5. The molecule has 0 aliphatic carbocycles. The molecule has 12 heteroatoms. The van der Waals surface area contributed by atoms with Gasteiger partial charge in [-0.1, -0.05) is 53.8 Å². The summed E-state index contributed by atoms with van der Waals surface area (Å²) in [6.45, 7) is 5.45. The number of carbonyl (C=O) groups is 3. The minimum atomic E-state index is -1.27. The second-order valence-electron chi connectivity index (χ2n) is 9.91. The highest BCUT2D eigenvalue weighted by atomic mass is 32.1. The second kappa shape index (κ2) is 12.5. The first-order valence-corrected chi connectivity index (χ1v) is 14.4. The van der Waals surface area contributed by atoms with Gasteiger partial charge in [-0.2, -0.15) is 0 Å². The number of esters is 1. The number of ketones is 1. The summed E-state index contributed by atoms with van der Waals surface area (Å²) in [7, 11) is 0. The van der Waals surface area contributed by atoms with Crippen molar-refractivity contribution in [3.05, 3.63) is 121 Å². The number of aliphatic hydroxyl groups excluding tert-OH is 1. The van der Waals surface area contributed by atoms with Crippen molar-refractivity contribution in [2.45, 2.75) is 33.4 Å². The number of ether oxygens (including phenoxy) is 2. The van der Waals surface area contributed by atoms with E-state index in [0.717, 1.165) is 21.8 Å². The summed E-state index contributed by atoms with van der Waals surface area (Å²) in [5.41, 5.74) is 1.81. The van der Waals surface area contributed by atoms with Crippen LogP contribution in [0.25, 0.3) is 5.76 Å². The number of aliphatic hydroxyl groups is 1. The van der Waals surface area contributed by atoms with E-state index in [1.165, 1.54) is 24.3 Å². The number of nitro benzene ring substituents is 1. The highest BCUT2D eigenvalue weighted by Crippen LogP contribution is 2.44. The number of hydrogen-bond acceptors (Lipinski definition) is 10. The fourth-order valence-electron chi connectivity index (χ4n) is 4.87. The van der Waals surface area contributed by atoms with Gasteiger partial charge in [-0.05, 0) is 55.7 Å². The number of benzene rings is 3. The van der Waals surface area contributed by atoms with E-state index < -0.39 is 34.4 Å². The Morgan fingerprint density at radius 2 is 1.82 bits per heavy atom. The molecule has 1 amide bonds. The number of carbonyl (C=O) groups excluding carboxylic acids is 3. The van der Waals surface area contributed by atoms with E-state index in [4.69, 9.17) is 9.47 Å². The Morgan fingerprint density at radius 1 is 1.07 bits per heavy atom. The smallest absolute Gasteiger partial charge is 0.350 e. The molecule has 3 aromatic carbocycles. The van der Waals surface area contributed by atoms with Gasteiger partial charge in [0.05, 0.1) is 28.8 Å². The standard InChI is InChI=1S/C32H27N3O8S/c1-4-42-31(39)29-19(3)33-32(44-29)34-26(21-11-8-12-23(16-21)35(40)41)25(28(37)30(34)38)27(36)22-13-14-24(18(2)15-22)43-17-20-9-6-5-7-10-20/h5-16,26,36H,4,17H2,1-3H3/b27-25+. The van der Waals surface area contributed by atoms with Gasteiger partial charge in [0.25, 0.3) is 11.5 Å². The fraction of sp³-hybridized carbons (Fsp3) is 0.188. The first-order valence-electron chi connectivity index (χ1n) is 13.6. The first-order chi connectivity index (χ1) is 21.1. The van der Waals surface area contributed by atoms with Crippen LogP contribution in [0.2, 0.25) is 0 Å². The van der Waals surface area contributed by atoms with Crippen LogP contribution in [0, 0.1) is 24.0 Å². The maximum Gasteiger partial charge on any atom is 0.350 e. The number of thiazole rings is 1. The fourth-order valence-corrected chi connectivity index (χ4v) is 5.86. The quantitative estimate of drug-likeness (QED) is 0.0594. The Bertz CT molecular complexity index is 1820. The largest absolute Gasteiger partial charge is 0.507 e. The molecule has 1 aliphatic rings. The third-order valence-corrected chi connectivity index (χ3v) is 8.12. The Morgan fingerprint density at radius 3 is 2.50 bits per heavy atom. The summed E-state index contributed by atoms with van der Waals surface area (Å²) in [6, 6.07) is 18.6. The zero-order valence-electron chi connectivity index (χ0n) is 24.0. The topological polar surface area (TPSA) is 149 Å². The van der Waals surface area contributed by atoms with Gasteiger partial charge < -0.3 is 14.6 Å². The molecule has 224 valence electrons. The molecule has 1 N–H and O–H groups in total. The number of aromatic nitrogens is 1. The molecule has 1 saturated heterocycles. The van der Waals surface area contributed by atoms with E-state index in [2.05, 4.69) is 4.98 Å². The van der Waals surface area contributed by atoms with Crippen molar-refractivity contribution >= 4 is 45.6 Å². The van der Waals surface area contributed by atoms with Crippen LogP contribution >= 0.6 is 11.3 Å². The van der Waals surface area contributed by atoms with E-state index in [1.807, 2.05) is 30.3 Å². The molecule has 1 atom stereocenters. The summed E-state index contributed by atoms with van der Waals surface area (Å²) in [4.78, 5) is 56.2. The molecule has 1 aliphatic heterocycles. The predicted octanol–water partition coefficient (Wildman–Crippen LogP) is 6.05. The normalized spacial score (nSPS) is 15.8. The van der Waals surface area contributed by atoms with Crippen LogP contribution < -0.4 is 9.64 Å². The highest BCUT2D eigenvalue weighted by Gasteiger charge is 2.48. The number of nitro groups is 1. The predicted molar refractivity (Wildman–Crippen MR) is 163 cm³/mol. The van der Waals surface area contributed by atoms with Crippen LogP contribution in [-0.2, 0) is 20.9 Å². The molecule has 2 heterocycles. The third kappa shape index (κ3) is 5.79. The van der Waals surface area contributed by atoms with Gasteiger partial charge in [0.15, 0.2) is 5.13 Å². The number of nitrogens with zero attached hydrogens (tertiary/aromatic N) is 3. The number of amides is 1. The molecular formula is C32H27N3O8S. The van der Waals surface area contributed by atoms with Crippen LogP contribution in [-0.4, -0.2) is 39.3 Å². The lowest BCUT2D eigenvalue weighted by Crippen LogP contribution is -2.29. The van der Waals surface area contributed by atoms with Crippen LogP contribution in [0.4, 0.5) is 10.8 Å². The van der Waals surface area contributed by atoms with Gasteiger partial charge in [-0.3, -0.25) is 24.6 Å². The van der Waals surface area contributed by atoms with Gasteiger partial charge in [0.1, 0.15) is 23.0 Å². The van der Waals surface area contributed by atoms with E-state index in [1.54, 1.807) is 39.0 Å². The van der Waals surface area contributed by atoms with Gasteiger partial charge in [-0.25, -0.2) is 9.78 Å². The number of Topliss-reactive ketones (excluding diaryl/α,β-unsaturated/α-hetero) is 1. The van der Waals surface area contributed by atoms with E-state index in [9.17, 15) is 29.6 Å². The van der Waals surface area contributed by atoms with E-state index in [-0.39, 0.29) is 44.7 Å². The molecule has 44 heavy (non-hydrogen) atoms. The number of hydrogen-bond donors (Lipinski definition) is 1. The molecule has 1 unspecified atom stereocenters. The minimum absolute atomic E-state index is 0.00375. The van der Waals surface area contributed by atoms with Gasteiger partial charge in [0, 0.05) is 17.7 Å². The Kier molecular flexibility index (Phi) is 8.54. The Hall–Kier alpha value is -5.36. The Balaban J connectivity index is 1.60. The average molecular weight is 614 g/mol. The summed E-state index contributed by atoms with van der Waals surface area (Å²) >= 11 is 0.850. The first kappa shape index (κ1) is 30.1. The summed E-state index contributed by atoms with van der Waals surface area (Å²) in [6.07, 6.45) is 0. The van der Waals surface area contributed by atoms with Gasteiger partial charge in [-0.15, -0.1) is 0 Å². The molecule has 1 fully saturated rings. The highest BCUT2D eigenvalue weighted by molar-refractivity contribution is 7.17. The molecule has 4 aromatic rings. The van der Waals surface area contributed by atoms with Crippen LogP contribution in [0.3, 0.4) is 0 Å².